The topological polar surface area (TPSA) is 61.6 Å². The van der Waals surface area contributed by atoms with Crippen molar-refractivity contribution in [3.05, 3.63) is 72.4 Å². The van der Waals surface area contributed by atoms with Crippen molar-refractivity contribution in [1.82, 2.24) is 14.8 Å². The van der Waals surface area contributed by atoms with E-state index in [1.807, 2.05) is 37.3 Å². The van der Waals surface area contributed by atoms with E-state index in [9.17, 15) is 9.18 Å². The van der Waals surface area contributed by atoms with Crippen LogP contribution in [0.3, 0.4) is 0 Å². The second-order valence-electron chi connectivity index (χ2n) is 7.50. The molecule has 0 aliphatic carbocycles. The molecule has 2 aromatic carbocycles. The highest BCUT2D eigenvalue weighted by Gasteiger charge is 2.26. The fourth-order valence-corrected chi connectivity index (χ4v) is 3.61. The maximum atomic E-state index is 13.3. The highest BCUT2D eigenvalue weighted by molar-refractivity contribution is 5.94. The van der Waals surface area contributed by atoms with Crippen LogP contribution in [0.1, 0.15) is 12.6 Å². The fraction of sp³-hybridized carbons (Fsp3) is 0.304. The molecule has 2 heterocycles. The first kappa shape index (κ1) is 20.3. The number of hydrogen-bond donors (Lipinski definition) is 1. The summed E-state index contributed by atoms with van der Waals surface area (Å²) < 4.78 is 18.9. The van der Waals surface area contributed by atoms with Crippen molar-refractivity contribution in [3.63, 3.8) is 0 Å². The Balaban J connectivity index is 1.27. The quantitative estimate of drug-likeness (QED) is 0.675. The van der Waals surface area contributed by atoms with E-state index in [1.54, 1.807) is 18.4 Å². The number of piperazine rings is 1. The number of oxazole rings is 1. The fourth-order valence-electron chi connectivity index (χ4n) is 3.61. The molecular formula is C23H25FN4O2. The summed E-state index contributed by atoms with van der Waals surface area (Å²) in [5, 5.41) is 2.79. The molecule has 0 radical (unpaired) electrons. The largest absolute Gasteiger partial charge is 0.444 e. The van der Waals surface area contributed by atoms with Gasteiger partial charge in [0.25, 0.3) is 0 Å². The first-order valence-corrected chi connectivity index (χ1v) is 10.1. The number of carbonyl (C=O) groups excluding carboxylic acids is 1. The summed E-state index contributed by atoms with van der Waals surface area (Å²) in [6.45, 7) is 5.83. The zero-order valence-electron chi connectivity index (χ0n) is 16.9. The summed E-state index contributed by atoms with van der Waals surface area (Å²) >= 11 is 0. The normalized spacial score (nSPS) is 16.3. The summed E-state index contributed by atoms with van der Waals surface area (Å²) in [6.07, 6.45) is 1.71. The Morgan fingerprint density at radius 1 is 1.13 bits per heavy atom. The molecule has 1 amide bonds. The smallest absolute Gasteiger partial charge is 0.241 e. The highest BCUT2D eigenvalue weighted by atomic mass is 19.1. The third-order valence-corrected chi connectivity index (χ3v) is 5.38. The first-order valence-electron chi connectivity index (χ1n) is 10.1. The van der Waals surface area contributed by atoms with Gasteiger partial charge < -0.3 is 9.73 Å². The molecule has 1 N–H and O–H groups in total. The van der Waals surface area contributed by atoms with Crippen LogP contribution < -0.4 is 5.32 Å². The number of halogens is 1. The lowest BCUT2D eigenvalue weighted by atomic mass is 10.2. The molecule has 3 aromatic rings. The minimum atomic E-state index is -0.364. The van der Waals surface area contributed by atoms with Crippen molar-refractivity contribution in [1.29, 1.82) is 0 Å². The third-order valence-electron chi connectivity index (χ3n) is 5.38. The van der Waals surface area contributed by atoms with Crippen LogP contribution in [-0.2, 0) is 11.3 Å². The number of carbonyl (C=O) groups is 1. The number of rotatable bonds is 6. The van der Waals surface area contributed by atoms with Gasteiger partial charge in [-0.2, -0.15) is 0 Å². The lowest BCUT2D eigenvalue weighted by Gasteiger charge is -2.37. The number of nitrogens with zero attached hydrogens (tertiary/aromatic N) is 3. The minimum absolute atomic E-state index is 0.127. The van der Waals surface area contributed by atoms with E-state index in [2.05, 4.69) is 20.1 Å². The standard InChI is InChI=1S/C23H25FN4O2/c1-17(22(29)25-20-9-5-8-19(24)14-20)28-12-10-27(11-13-28)15-21-16-30-23(26-21)18-6-3-2-4-7-18/h2-9,14,16-17H,10-13,15H2,1H3,(H,25,29). The molecule has 4 rings (SSSR count). The van der Waals surface area contributed by atoms with Gasteiger partial charge in [0.05, 0.1) is 11.7 Å². The number of anilines is 1. The van der Waals surface area contributed by atoms with Gasteiger partial charge in [-0.25, -0.2) is 9.37 Å². The highest BCUT2D eigenvalue weighted by Crippen LogP contribution is 2.19. The van der Waals surface area contributed by atoms with Crippen LogP contribution in [0.4, 0.5) is 10.1 Å². The lowest BCUT2D eigenvalue weighted by molar-refractivity contribution is -0.121. The van der Waals surface area contributed by atoms with Gasteiger partial charge in [0.15, 0.2) is 0 Å². The molecule has 156 valence electrons. The van der Waals surface area contributed by atoms with Gasteiger partial charge in [0, 0.05) is 44.0 Å². The van der Waals surface area contributed by atoms with Crippen molar-refractivity contribution in [2.24, 2.45) is 0 Å². The average molecular weight is 408 g/mol. The maximum absolute atomic E-state index is 13.3. The van der Waals surface area contributed by atoms with E-state index in [0.717, 1.165) is 37.4 Å². The van der Waals surface area contributed by atoms with E-state index >= 15 is 0 Å². The second kappa shape index (κ2) is 9.19. The van der Waals surface area contributed by atoms with Gasteiger partial charge >= 0.3 is 0 Å². The van der Waals surface area contributed by atoms with E-state index < -0.39 is 0 Å². The molecular weight excluding hydrogens is 383 g/mol. The number of aromatic nitrogens is 1. The van der Waals surface area contributed by atoms with Crippen LogP contribution in [-0.4, -0.2) is 52.9 Å². The molecule has 7 heteroatoms. The van der Waals surface area contributed by atoms with Crippen molar-refractivity contribution in [2.75, 3.05) is 31.5 Å². The molecule has 30 heavy (non-hydrogen) atoms. The summed E-state index contributed by atoms with van der Waals surface area (Å²) in [6, 6.07) is 15.5. The molecule has 0 saturated carbocycles. The van der Waals surface area contributed by atoms with Crippen molar-refractivity contribution in [2.45, 2.75) is 19.5 Å². The Morgan fingerprint density at radius 3 is 2.63 bits per heavy atom. The van der Waals surface area contributed by atoms with Crippen LogP contribution in [0.15, 0.2) is 65.3 Å². The molecule has 1 atom stereocenters. The Morgan fingerprint density at radius 2 is 1.90 bits per heavy atom. The van der Waals surface area contributed by atoms with Crippen LogP contribution >= 0.6 is 0 Å². The van der Waals surface area contributed by atoms with Gasteiger partial charge in [0.2, 0.25) is 11.8 Å². The summed E-state index contributed by atoms with van der Waals surface area (Å²) in [4.78, 5) is 21.6. The Bertz CT molecular complexity index is 984. The van der Waals surface area contributed by atoms with Gasteiger partial charge in [0.1, 0.15) is 12.1 Å². The number of amides is 1. The van der Waals surface area contributed by atoms with Crippen LogP contribution in [0, 0.1) is 5.82 Å². The zero-order valence-corrected chi connectivity index (χ0v) is 16.9. The van der Waals surface area contributed by atoms with E-state index in [1.165, 1.54) is 12.1 Å². The Kier molecular flexibility index (Phi) is 6.21. The number of nitrogens with one attached hydrogen (secondary N) is 1. The molecule has 1 aliphatic heterocycles. The van der Waals surface area contributed by atoms with Gasteiger partial charge in [-0.3, -0.25) is 14.6 Å². The summed E-state index contributed by atoms with van der Waals surface area (Å²) in [5.41, 5.74) is 2.34. The minimum Gasteiger partial charge on any atom is -0.444 e. The molecule has 1 aromatic heterocycles. The average Bonchev–Trinajstić information content (AvgIpc) is 3.23. The van der Waals surface area contributed by atoms with Gasteiger partial charge in [-0.15, -0.1) is 0 Å². The molecule has 1 fully saturated rings. The van der Waals surface area contributed by atoms with Crippen LogP contribution in [0.5, 0.6) is 0 Å². The van der Waals surface area contributed by atoms with E-state index in [4.69, 9.17) is 4.42 Å². The van der Waals surface area contributed by atoms with Crippen LogP contribution in [0.2, 0.25) is 0 Å². The van der Waals surface area contributed by atoms with Gasteiger partial charge in [-0.1, -0.05) is 24.3 Å². The Hall–Kier alpha value is -3.03. The SMILES string of the molecule is CC(C(=O)Nc1cccc(F)c1)N1CCN(Cc2coc(-c3ccccc3)n2)CC1. The van der Waals surface area contributed by atoms with E-state index in [0.29, 0.717) is 18.1 Å². The molecule has 0 bridgehead atoms. The molecule has 0 spiro atoms. The predicted octanol–water partition coefficient (Wildman–Crippen LogP) is 3.63. The van der Waals surface area contributed by atoms with E-state index in [-0.39, 0.29) is 17.8 Å². The van der Waals surface area contributed by atoms with Crippen molar-refractivity contribution < 1.29 is 13.6 Å². The second-order valence-corrected chi connectivity index (χ2v) is 7.50. The lowest BCUT2D eigenvalue weighted by Crippen LogP contribution is -2.52. The monoisotopic (exact) mass is 408 g/mol. The van der Waals surface area contributed by atoms with Crippen LogP contribution in [0.25, 0.3) is 11.5 Å². The number of hydrogen-bond acceptors (Lipinski definition) is 5. The van der Waals surface area contributed by atoms with Crippen molar-refractivity contribution >= 4 is 11.6 Å². The summed E-state index contributed by atoms with van der Waals surface area (Å²) in [5.74, 6) is 0.141. The Labute approximate surface area is 175 Å². The zero-order chi connectivity index (χ0) is 20.9. The maximum Gasteiger partial charge on any atom is 0.241 e. The molecule has 6 nitrogen and oxygen atoms in total. The molecule has 1 saturated heterocycles. The molecule has 1 aliphatic rings. The summed E-state index contributed by atoms with van der Waals surface area (Å²) in [7, 11) is 0. The van der Waals surface area contributed by atoms with Gasteiger partial charge in [-0.05, 0) is 37.3 Å². The number of benzene rings is 2. The van der Waals surface area contributed by atoms with Crippen molar-refractivity contribution in [3.8, 4) is 11.5 Å². The molecule has 1 unspecified atom stereocenters. The first-order chi connectivity index (χ1) is 14.6. The predicted molar refractivity (Wildman–Crippen MR) is 113 cm³/mol. The third kappa shape index (κ3) is 4.93.